The van der Waals surface area contributed by atoms with Crippen LogP contribution in [0.2, 0.25) is 0 Å². The van der Waals surface area contributed by atoms with Gasteiger partial charge in [0.15, 0.2) is 0 Å². The van der Waals surface area contributed by atoms with E-state index in [0.717, 1.165) is 15.9 Å². The Balaban J connectivity index is 1.75. The predicted octanol–water partition coefficient (Wildman–Crippen LogP) is 3.04. The molecule has 0 saturated carbocycles. The van der Waals surface area contributed by atoms with Gasteiger partial charge in [0.2, 0.25) is 0 Å². The van der Waals surface area contributed by atoms with E-state index in [9.17, 15) is 9.59 Å². The van der Waals surface area contributed by atoms with E-state index >= 15 is 0 Å². The Kier molecular flexibility index (Phi) is 4.95. The first-order chi connectivity index (χ1) is 12.1. The van der Waals surface area contributed by atoms with Gasteiger partial charge < -0.3 is 10.2 Å². The number of carbonyl (C=O) groups excluding carboxylic acids is 1. The van der Waals surface area contributed by atoms with Gasteiger partial charge in [-0.2, -0.15) is 4.73 Å². The van der Waals surface area contributed by atoms with Crippen LogP contribution in [0.4, 0.5) is 5.69 Å². The first-order valence-corrected chi connectivity index (χ1v) is 7.90. The maximum Gasteiger partial charge on any atom is 0.295 e. The van der Waals surface area contributed by atoms with Gasteiger partial charge >= 0.3 is 0 Å². The third kappa shape index (κ3) is 4.14. The minimum absolute atomic E-state index is 0.0237. The number of carbonyl (C=O) groups is 1. The van der Waals surface area contributed by atoms with Crippen molar-refractivity contribution >= 4 is 11.6 Å². The molecule has 0 aliphatic rings. The number of aromatic nitrogens is 1. The lowest BCUT2D eigenvalue weighted by molar-refractivity contribution is 0.0863. The molecule has 1 heterocycles. The molecule has 0 saturated heterocycles. The third-order valence-electron chi connectivity index (χ3n) is 3.64. The summed E-state index contributed by atoms with van der Waals surface area (Å²) in [4.78, 5) is 30.3. The number of rotatable bonds is 5. The summed E-state index contributed by atoms with van der Waals surface area (Å²) in [5, 5.41) is 2.70. The minimum atomic E-state index is -0.497. The molecule has 126 valence electrons. The smallest absolute Gasteiger partial charge is 0.295 e. The van der Waals surface area contributed by atoms with Crippen molar-refractivity contribution in [2.75, 3.05) is 5.32 Å². The van der Waals surface area contributed by atoms with Crippen LogP contribution in [0.3, 0.4) is 0 Å². The van der Waals surface area contributed by atoms with Crippen LogP contribution in [0.5, 0.6) is 0 Å². The van der Waals surface area contributed by atoms with Crippen LogP contribution in [0, 0.1) is 6.92 Å². The Morgan fingerprint density at radius 3 is 2.60 bits per heavy atom. The molecule has 0 spiro atoms. The highest BCUT2D eigenvalue weighted by molar-refractivity contribution is 6.03. The van der Waals surface area contributed by atoms with E-state index in [1.54, 1.807) is 18.2 Å². The monoisotopic (exact) mass is 334 g/mol. The summed E-state index contributed by atoms with van der Waals surface area (Å²) in [6.45, 7) is 2.23. The SMILES string of the molecule is Cc1cccc(COn2cccc(C(=O)Nc3ccccc3)c2=O)c1. The van der Waals surface area contributed by atoms with Crippen molar-refractivity contribution in [3.05, 3.63) is 100.0 Å². The normalized spacial score (nSPS) is 10.3. The molecule has 3 rings (SSSR count). The highest BCUT2D eigenvalue weighted by atomic mass is 16.7. The lowest BCUT2D eigenvalue weighted by Gasteiger charge is -2.10. The van der Waals surface area contributed by atoms with E-state index in [1.165, 1.54) is 12.3 Å². The Morgan fingerprint density at radius 2 is 1.84 bits per heavy atom. The minimum Gasteiger partial charge on any atom is -0.406 e. The number of para-hydroxylation sites is 1. The van der Waals surface area contributed by atoms with Crippen LogP contribution in [0.25, 0.3) is 0 Å². The van der Waals surface area contributed by atoms with Crippen molar-refractivity contribution in [1.29, 1.82) is 0 Å². The van der Waals surface area contributed by atoms with Crippen LogP contribution < -0.4 is 15.7 Å². The molecule has 1 aromatic heterocycles. The Labute approximate surface area is 145 Å². The zero-order chi connectivity index (χ0) is 17.6. The molecule has 0 aliphatic carbocycles. The maximum absolute atomic E-state index is 12.5. The first-order valence-electron chi connectivity index (χ1n) is 7.90. The highest BCUT2D eigenvalue weighted by Gasteiger charge is 2.13. The number of aryl methyl sites for hydroxylation is 1. The average Bonchev–Trinajstić information content (AvgIpc) is 2.62. The van der Waals surface area contributed by atoms with Crippen molar-refractivity contribution in [3.63, 3.8) is 0 Å². The molecule has 0 bridgehead atoms. The summed E-state index contributed by atoms with van der Waals surface area (Å²) in [6, 6.07) is 19.9. The van der Waals surface area contributed by atoms with Crippen molar-refractivity contribution in [2.24, 2.45) is 0 Å². The quantitative estimate of drug-likeness (QED) is 0.780. The van der Waals surface area contributed by atoms with E-state index < -0.39 is 11.5 Å². The maximum atomic E-state index is 12.5. The summed E-state index contributed by atoms with van der Waals surface area (Å²) in [5.74, 6) is -0.468. The van der Waals surface area contributed by atoms with Gasteiger partial charge in [0.1, 0.15) is 12.2 Å². The molecule has 0 atom stereocenters. The van der Waals surface area contributed by atoms with Crippen LogP contribution in [0.15, 0.2) is 77.7 Å². The summed E-state index contributed by atoms with van der Waals surface area (Å²) in [6.07, 6.45) is 1.50. The van der Waals surface area contributed by atoms with Gasteiger partial charge in [-0.25, -0.2) is 0 Å². The number of nitrogens with zero attached hydrogens (tertiary/aromatic N) is 1. The van der Waals surface area contributed by atoms with Crippen molar-refractivity contribution in [3.8, 4) is 0 Å². The predicted molar refractivity (Wildman–Crippen MR) is 96.6 cm³/mol. The summed E-state index contributed by atoms with van der Waals surface area (Å²) in [5.41, 5.74) is 2.22. The van der Waals surface area contributed by atoms with Gasteiger partial charge in [0.25, 0.3) is 11.5 Å². The number of pyridine rings is 1. The number of amides is 1. The molecule has 0 radical (unpaired) electrons. The average molecular weight is 334 g/mol. The Morgan fingerprint density at radius 1 is 1.04 bits per heavy atom. The van der Waals surface area contributed by atoms with E-state index in [-0.39, 0.29) is 12.2 Å². The van der Waals surface area contributed by atoms with Gasteiger partial charge in [-0.3, -0.25) is 9.59 Å². The Bertz CT molecular complexity index is 933. The standard InChI is InChI=1S/C20H18N2O3/c1-15-7-5-8-16(13-15)14-25-22-12-6-11-18(20(22)24)19(23)21-17-9-3-2-4-10-17/h2-13H,14H2,1H3,(H,21,23). The third-order valence-corrected chi connectivity index (χ3v) is 3.64. The van der Waals surface area contributed by atoms with E-state index in [0.29, 0.717) is 5.69 Å². The van der Waals surface area contributed by atoms with E-state index in [1.807, 2.05) is 49.4 Å². The zero-order valence-corrected chi connectivity index (χ0v) is 13.8. The van der Waals surface area contributed by atoms with Crippen LogP contribution in [0.1, 0.15) is 21.5 Å². The van der Waals surface area contributed by atoms with E-state index in [2.05, 4.69) is 5.32 Å². The Hall–Kier alpha value is -3.34. The summed E-state index contributed by atoms with van der Waals surface area (Å²) >= 11 is 0. The fraction of sp³-hybridized carbons (Fsp3) is 0.100. The fourth-order valence-corrected chi connectivity index (χ4v) is 2.42. The number of nitrogens with one attached hydrogen (secondary N) is 1. The van der Waals surface area contributed by atoms with Gasteiger partial charge in [-0.1, -0.05) is 48.0 Å². The van der Waals surface area contributed by atoms with Crippen molar-refractivity contribution in [1.82, 2.24) is 4.73 Å². The van der Waals surface area contributed by atoms with E-state index in [4.69, 9.17) is 4.84 Å². The largest absolute Gasteiger partial charge is 0.406 e. The molecule has 3 aromatic rings. The van der Waals surface area contributed by atoms with Crippen LogP contribution in [-0.2, 0) is 6.61 Å². The molecular formula is C20H18N2O3. The fourth-order valence-electron chi connectivity index (χ4n) is 2.42. The molecule has 0 unspecified atom stereocenters. The van der Waals surface area contributed by atoms with Gasteiger partial charge in [0.05, 0.1) is 0 Å². The van der Waals surface area contributed by atoms with Crippen molar-refractivity contribution in [2.45, 2.75) is 13.5 Å². The lowest BCUT2D eigenvalue weighted by Crippen LogP contribution is -2.32. The second-order valence-corrected chi connectivity index (χ2v) is 5.64. The number of hydrogen-bond acceptors (Lipinski definition) is 3. The second kappa shape index (κ2) is 7.49. The highest BCUT2D eigenvalue weighted by Crippen LogP contribution is 2.07. The van der Waals surface area contributed by atoms with Gasteiger partial charge in [-0.05, 0) is 36.8 Å². The molecule has 25 heavy (non-hydrogen) atoms. The number of hydrogen-bond donors (Lipinski definition) is 1. The van der Waals surface area contributed by atoms with Crippen LogP contribution in [-0.4, -0.2) is 10.6 Å². The molecule has 1 amide bonds. The molecule has 2 aromatic carbocycles. The van der Waals surface area contributed by atoms with Crippen molar-refractivity contribution < 1.29 is 9.63 Å². The molecule has 0 aliphatic heterocycles. The van der Waals surface area contributed by atoms with Gasteiger partial charge in [0, 0.05) is 11.9 Å². The lowest BCUT2D eigenvalue weighted by atomic mass is 10.1. The first kappa shape index (κ1) is 16.5. The number of anilines is 1. The molecular weight excluding hydrogens is 316 g/mol. The molecule has 0 fully saturated rings. The topological polar surface area (TPSA) is 60.3 Å². The second-order valence-electron chi connectivity index (χ2n) is 5.64. The van der Waals surface area contributed by atoms with Crippen LogP contribution >= 0.6 is 0 Å². The van der Waals surface area contributed by atoms with Gasteiger partial charge in [-0.15, -0.1) is 0 Å². The zero-order valence-electron chi connectivity index (χ0n) is 13.8. The summed E-state index contributed by atoms with van der Waals surface area (Å²) < 4.78 is 1.09. The number of benzene rings is 2. The molecule has 5 nitrogen and oxygen atoms in total. The molecule has 5 heteroatoms. The summed E-state index contributed by atoms with van der Waals surface area (Å²) in [7, 11) is 0. The molecule has 1 N–H and O–H groups in total.